The summed E-state index contributed by atoms with van der Waals surface area (Å²) in [4.78, 5) is 8.56. The lowest BCUT2D eigenvalue weighted by Gasteiger charge is -2.13. The van der Waals surface area contributed by atoms with Gasteiger partial charge in [0.1, 0.15) is 0 Å². The van der Waals surface area contributed by atoms with E-state index in [4.69, 9.17) is 20.7 Å². The first kappa shape index (κ1) is 15.3. The van der Waals surface area contributed by atoms with Crippen molar-refractivity contribution < 1.29 is 15.0 Å². The molecule has 0 aliphatic carbocycles. The van der Waals surface area contributed by atoms with Crippen molar-refractivity contribution >= 4 is 11.8 Å². The molecule has 0 aliphatic heterocycles. The van der Waals surface area contributed by atoms with Crippen LogP contribution in [0.15, 0.2) is 12.1 Å². The Morgan fingerprint density at radius 1 is 1.06 bits per heavy atom. The second kappa shape index (κ2) is 7.54. The first-order valence-electron chi connectivity index (χ1n) is 5.78. The Hall–Kier alpha value is -1.71. The van der Waals surface area contributed by atoms with E-state index in [0.717, 1.165) is 24.9 Å². The molecule has 0 heterocycles. The maximum absolute atomic E-state index is 8.56. The van der Waals surface area contributed by atoms with Crippen molar-refractivity contribution in [2.24, 2.45) is 0 Å². The minimum absolute atomic E-state index is 0.955. The van der Waals surface area contributed by atoms with Crippen LogP contribution in [0.4, 0.5) is 10.5 Å². The number of nitrogens with two attached hydrogens (primary N) is 1. The van der Waals surface area contributed by atoms with Crippen molar-refractivity contribution in [2.45, 2.75) is 40.0 Å². The Morgan fingerprint density at radius 2 is 1.53 bits per heavy atom. The summed E-state index contributed by atoms with van der Waals surface area (Å²) in [6, 6.07) is 4.20. The van der Waals surface area contributed by atoms with Crippen LogP contribution in [0.2, 0.25) is 0 Å². The Labute approximate surface area is 102 Å². The smallest absolute Gasteiger partial charge is 0.450 e. The van der Waals surface area contributed by atoms with Gasteiger partial charge in [-0.2, -0.15) is 0 Å². The molecule has 4 N–H and O–H groups in total. The number of hydrogen-bond donors (Lipinski definition) is 3. The predicted molar refractivity (Wildman–Crippen MR) is 69.6 cm³/mol. The van der Waals surface area contributed by atoms with Gasteiger partial charge in [0, 0.05) is 5.69 Å². The van der Waals surface area contributed by atoms with Crippen LogP contribution in [-0.4, -0.2) is 16.4 Å². The molecule has 0 aromatic heterocycles. The number of carboxylic acid groups (broad SMARTS) is 2. The third-order valence-corrected chi connectivity index (χ3v) is 2.65. The third kappa shape index (κ3) is 4.76. The van der Waals surface area contributed by atoms with Crippen LogP contribution in [0, 0.1) is 0 Å². The number of anilines is 1. The number of benzene rings is 1. The molecule has 0 unspecified atom stereocenters. The van der Waals surface area contributed by atoms with Gasteiger partial charge in [-0.3, -0.25) is 0 Å². The number of rotatable bonds is 3. The number of hydrogen-bond acceptors (Lipinski definition) is 2. The van der Waals surface area contributed by atoms with E-state index in [2.05, 4.69) is 26.8 Å². The van der Waals surface area contributed by atoms with Crippen molar-refractivity contribution in [2.75, 3.05) is 5.73 Å². The lowest BCUT2D eigenvalue weighted by molar-refractivity contribution is 0.137. The van der Waals surface area contributed by atoms with Gasteiger partial charge in [0.05, 0.1) is 0 Å². The molecule has 0 amide bonds. The molecule has 1 aromatic carbocycles. The lowest BCUT2D eigenvalue weighted by Crippen LogP contribution is -2.02. The monoisotopic (exact) mass is 239 g/mol. The topological polar surface area (TPSA) is 83.6 Å². The van der Waals surface area contributed by atoms with Gasteiger partial charge < -0.3 is 15.9 Å². The molecule has 0 aliphatic rings. The zero-order valence-corrected chi connectivity index (χ0v) is 10.7. The molecule has 1 aromatic rings. The molecule has 1 rings (SSSR count). The lowest BCUT2D eigenvalue weighted by atomic mass is 9.94. The fourth-order valence-corrected chi connectivity index (χ4v) is 1.95. The van der Waals surface area contributed by atoms with Crippen molar-refractivity contribution in [1.29, 1.82) is 0 Å². The number of nitrogen functional groups attached to an aromatic ring is 1. The molecular formula is C13H21NO3. The largest absolute Gasteiger partial charge is 0.503 e. The quantitative estimate of drug-likeness (QED) is 0.707. The van der Waals surface area contributed by atoms with Gasteiger partial charge in [0.15, 0.2) is 0 Å². The highest BCUT2D eigenvalue weighted by atomic mass is 16.6. The number of carbonyl (C=O) groups is 1. The highest BCUT2D eigenvalue weighted by Crippen LogP contribution is 2.22. The van der Waals surface area contributed by atoms with Crippen LogP contribution >= 0.6 is 0 Å². The first-order chi connectivity index (χ1) is 7.97. The molecule has 0 saturated carbocycles. The Balaban J connectivity index is 0.000000557. The van der Waals surface area contributed by atoms with Crippen molar-refractivity contribution in [1.82, 2.24) is 0 Å². The summed E-state index contributed by atoms with van der Waals surface area (Å²) >= 11 is 0. The molecular weight excluding hydrogens is 218 g/mol. The molecule has 0 spiro atoms. The summed E-state index contributed by atoms with van der Waals surface area (Å²) in [6.07, 6.45) is 1.41. The summed E-state index contributed by atoms with van der Waals surface area (Å²) in [6.45, 7) is 6.57. The van der Waals surface area contributed by atoms with E-state index in [0.29, 0.717) is 0 Å². The molecule has 17 heavy (non-hydrogen) atoms. The minimum atomic E-state index is -1.83. The second-order valence-corrected chi connectivity index (χ2v) is 3.61. The van der Waals surface area contributed by atoms with Crippen LogP contribution in [0.25, 0.3) is 0 Å². The third-order valence-electron chi connectivity index (χ3n) is 2.65. The van der Waals surface area contributed by atoms with Crippen LogP contribution in [0.5, 0.6) is 0 Å². The molecule has 4 nitrogen and oxygen atoms in total. The zero-order chi connectivity index (χ0) is 13.4. The second-order valence-electron chi connectivity index (χ2n) is 3.61. The Morgan fingerprint density at radius 3 is 1.88 bits per heavy atom. The van der Waals surface area contributed by atoms with E-state index >= 15 is 0 Å². The van der Waals surface area contributed by atoms with Crippen molar-refractivity contribution in [3.05, 3.63) is 28.8 Å². The molecule has 96 valence electrons. The van der Waals surface area contributed by atoms with Gasteiger partial charge in [-0.25, -0.2) is 4.79 Å². The molecule has 0 fully saturated rings. The van der Waals surface area contributed by atoms with E-state index in [1.165, 1.54) is 16.7 Å². The summed E-state index contributed by atoms with van der Waals surface area (Å²) < 4.78 is 0. The minimum Gasteiger partial charge on any atom is -0.450 e. The molecule has 0 bridgehead atoms. The average Bonchev–Trinajstić information content (AvgIpc) is 2.27. The van der Waals surface area contributed by atoms with E-state index in [9.17, 15) is 0 Å². The Kier molecular flexibility index (Phi) is 6.79. The standard InChI is InChI=1S/C12H19N.CH2O3/c1-4-9-7-8-12(13)11(6-3)10(9)5-2;2-1(3)4/h7-8H,4-6,13H2,1-3H3;(H2,2,3,4). The molecule has 0 saturated heterocycles. The first-order valence-corrected chi connectivity index (χ1v) is 5.78. The normalized spacial score (nSPS) is 9.35. The highest BCUT2D eigenvalue weighted by molar-refractivity contribution is 5.54. The van der Waals surface area contributed by atoms with Gasteiger partial charge in [-0.1, -0.05) is 26.8 Å². The van der Waals surface area contributed by atoms with Crippen LogP contribution in [-0.2, 0) is 19.3 Å². The van der Waals surface area contributed by atoms with Crippen molar-refractivity contribution in [3.8, 4) is 0 Å². The maximum Gasteiger partial charge on any atom is 0.503 e. The molecule has 0 radical (unpaired) electrons. The van der Waals surface area contributed by atoms with Crippen molar-refractivity contribution in [3.63, 3.8) is 0 Å². The average molecular weight is 239 g/mol. The maximum atomic E-state index is 8.56. The van der Waals surface area contributed by atoms with E-state index in [-0.39, 0.29) is 0 Å². The summed E-state index contributed by atoms with van der Waals surface area (Å²) in [5.74, 6) is 0. The highest BCUT2D eigenvalue weighted by Gasteiger charge is 2.06. The van der Waals surface area contributed by atoms with Crippen LogP contribution < -0.4 is 5.73 Å². The summed E-state index contributed by atoms with van der Waals surface area (Å²) in [5, 5.41) is 13.9. The van der Waals surface area contributed by atoms with Gasteiger partial charge in [0.2, 0.25) is 0 Å². The van der Waals surface area contributed by atoms with E-state index < -0.39 is 6.16 Å². The van der Waals surface area contributed by atoms with E-state index in [1.54, 1.807) is 0 Å². The van der Waals surface area contributed by atoms with Gasteiger partial charge >= 0.3 is 6.16 Å². The van der Waals surface area contributed by atoms with Gasteiger partial charge in [-0.15, -0.1) is 0 Å². The predicted octanol–water partition coefficient (Wildman–Crippen LogP) is 3.18. The molecule has 4 heteroatoms. The number of aryl methyl sites for hydroxylation is 1. The summed E-state index contributed by atoms with van der Waals surface area (Å²) in [7, 11) is 0. The SMILES string of the molecule is CCc1ccc(N)c(CC)c1CC.O=C(O)O. The Bertz CT molecular complexity index is 371. The fraction of sp³-hybridized carbons (Fsp3) is 0.462. The zero-order valence-electron chi connectivity index (χ0n) is 10.7. The van der Waals surface area contributed by atoms with E-state index in [1.807, 2.05) is 6.07 Å². The van der Waals surface area contributed by atoms with Crippen LogP contribution in [0.3, 0.4) is 0 Å². The fourth-order valence-electron chi connectivity index (χ4n) is 1.95. The van der Waals surface area contributed by atoms with Gasteiger partial charge in [-0.05, 0) is 42.0 Å². The summed E-state index contributed by atoms with van der Waals surface area (Å²) in [5.41, 5.74) is 11.2. The van der Waals surface area contributed by atoms with Gasteiger partial charge in [0.25, 0.3) is 0 Å². The molecule has 0 atom stereocenters. The van der Waals surface area contributed by atoms with Crippen LogP contribution in [0.1, 0.15) is 37.5 Å².